The number of hydrogen-bond acceptors (Lipinski definition) is 3. The highest BCUT2D eigenvalue weighted by atomic mass is 127. The van der Waals surface area contributed by atoms with Gasteiger partial charge in [0.15, 0.2) is 0 Å². The Morgan fingerprint density at radius 1 is 1.80 bits per heavy atom. The van der Waals surface area contributed by atoms with Crippen molar-refractivity contribution in [1.29, 1.82) is 0 Å². The van der Waals surface area contributed by atoms with E-state index in [1.54, 1.807) is 6.92 Å². The van der Waals surface area contributed by atoms with Crippen molar-refractivity contribution in [3.8, 4) is 0 Å². The van der Waals surface area contributed by atoms with Gasteiger partial charge in [0.1, 0.15) is 12.2 Å². The van der Waals surface area contributed by atoms with Crippen molar-refractivity contribution in [2.45, 2.75) is 19.1 Å². The summed E-state index contributed by atoms with van der Waals surface area (Å²) in [4.78, 5) is 10.8. The molecule has 0 aromatic carbocycles. The molecule has 10 heavy (non-hydrogen) atoms. The number of ether oxygens (including phenoxy) is 1. The highest BCUT2D eigenvalue weighted by molar-refractivity contribution is 14.1. The average Bonchev–Trinajstić information content (AvgIpc) is 2.17. The van der Waals surface area contributed by atoms with Crippen molar-refractivity contribution in [3.63, 3.8) is 0 Å². The second-order valence-electron chi connectivity index (χ2n) is 2.41. The van der Waals surface area contributed by atoms with Gasteiger partial charge in [0.2, 0.25) is 0 Å². The van der Waals surface area contributed by atoms with Crippen LogP contribution in [0.3, 0.4) is 0 Å². The number of esters is 1. The maximum absolute atomic E-state index is 10.8. The standard InChI is InChI=1S/C6H9IO3/c1-3-5(8)4(2-7)10-6(3)9/h3-5,8H,2H2,1H3/t3-,4-,5+/m0/s1. The van der Waals surface area contributed by atoms with Crippen molar-refractivity contribution in [2.24, 2.45) is 5.92 Å². The van der Waals surface area contributed by atoms with E-state index in [2.05, 4.69) is 22.6 Å². The first-order chi connectivity index (χ1) is 4.66. The van der Waals surface area contributed by atoms with Crippen LogP contribution in [-0.2, 0) is 9.53 Å². The van der Waals surface area contributed by atoms with Crippen LogP contribution in [0.2, 0.25) is 0 Å². The topological polar surface area (TPSA) is 46.5 Å². The van der Waals surface area contributed by atoms with Crippen molar-refractivity contribution in [1.82, 2.24) is 0 Å². The third-order valence-electron chi connectivity index (χ3n) is 1.68. The molecule has 1 fully saturated rings. The van der Waals surface area contributed by atoms with Gasteiger partial charge in [-0.1, -0.05) is 22.6 Å². The van der Waals surface area contributed by atoms with Crippen LogP contribution in [0, 0.1) is 5.92 Å². The molecule has 1 heterocycles. The van der Waals surface area contributed by atoms with E-state index in [-0.39, 0.29) is 18.0 Å². The molecule has 1 N–H and O–H groups in total. The van der Waals surface area contributed by atoms with E-state index in [1.165, 1.54) is 0 Å². The number of alkyl halides is 1. The van der Waals surface area contributed by atoms with Crippen LogP contribution in [0.5, 0.6) is 0 Å². The largest absolute Gasteiger partial charge is 0.458 e. The molecular weight excluding hydrogens is 247 g/mol. The Labute approximate surface area is 72.9 Å². The number of carbonyl (C=O) groups is 1. The quantitative estimate of drug-likeness (QED) is 0.418. The Morgan fingerprint density at radius 2 is 2.40 bits per heavy atom. The molecule has 0 amide bonds. The van der Waals surface area contributed by atoms with Gasteiger partial charge in [-0.05, 0) is 6.92 Å². The lowest BCUT2D eigenvalue weighted by Crippen LogP contribution is -2.26. The number of cyclic esters (lactones) is 1. The normalized spacial score (nSPS) is 39.9. The Kier molecular flexibility index (Phi) is 2.51. The molecule has 1 aliphatic rings. The minimum absolute atomic E-state index is 0.283. The molecule has 0 aliphatic carbocycles. The maximum Gasteiger partial charge on any atom is 0.311 e. The number of hydrogen-bond donors (Lipinski definition) is 1. The van der Waals surface area contributed by atoms with Gasteiger partial charge < -0.3 is 9.84 Å². The number of halogens is 1. The molecule has 0 unspecified atom stereocenters. The van der Waals surface area contributed by atoms with Gasteiger partial charge >= 0.3 is 5.97 Å². The van der Waals surface area contributed by atoms with Crippen LogP contribution in [0.15, 0.2) is 0 Å². The molecule has 4 heteroatoms. The van der Waals surface area contributed by atoms with Crippen molar-refractivity contribution >= 4 is 28.6 Å². The monoisotopic (exact) mass is 256 g/mol. The summed E-state index contributed by atoms with van der Waals surface area (Å²) in [5, 5.41) is 9.28. The van der Waals surface area contributed by atoms with Crippen LogP contribution in [0.4, 0.5) is 0 Å². The van der Waals surface area contributed by atoms with Crippen molar-refractivity contribution in [3.05, 3.63) is 0 Å². The Morgan fingerprint density at radius 3 is 2.60 bits per heavy atom. The van der Waals surface area contributed by atoms with Gasteiger partial charge in [-0.2, -0.15) is 0 Å². The minimum atomic E-state index is -0.607. The summed E-state index contributed by atoms with van der Waals surface area (Å²) in [5.41, 5.74) is 0. The van der Waals surface area contributed by atoms with Crippen LogP contribution >= 0.6 is 22.6 Å². The van der Waals surface area contributed by atoms with E-state index in [1.807, 2.05) is 0 Å². The molecule has 1 aliphatic heterocycles. The second kappa shape index (κ2) is 3.04. The average molecular weight is 256 g/mol. The lowest BCUT2D eigenvalue weighted by atomic mass is 10.1. The molecule has 1 saturated heterocycles. The van der Waals surface area contributed by atoms with Gasteiger partial charge in [-0.25, -0.2) is 0 Å². The van der Waals surface area contributed by atoms with Gasteiger partial charge in [0, 0.05) is 4.43 Å². The smallest absolute Gasteiger partial charge is 0.311 e. The Bertz CT molecular complexity index is 148. The predicted octanol–water partition coefficient (Wildman–Crippen LogP) is 0.344. The van der Waals surface area contributed by atoms with E-state index >= 15 is 0 Å². The SMILES string of the molecule is C[C@@H]1C(=O)O[C@@H](CI)[C@@H]1O. The first-order valence-corrected chi connectivity index (χ1v) is 4.64. The van der Waals surface area contributed by atoms with Crippen molar-refractivity contribution < 1.29 is 14.6 Å². The van der Waals surface area contributed by atoms with Crippen LogP contribution in [-0.4, -0.2) is 27.7 Å². The summed E-state index contributed by atoms with van der Waals surface area (Å²) >= 11 is 2.09. The molecule has 58 valence electrons. The summed E-state index contributed by atoms with van der Waals surface area (Å²) in [5.74, 6) is -0.631. The number of aliphatic hydroxyl groups excluding tert-OH is 1. The fraction of sp³-hybridized carbons (Fsp3) is 0.833. The second-order valence-corrected chi connectivity index (χ2v) is 3.29. The van der Waals surface area contributed by atoms with E-state index in [4.69, 9.17) is 4.74 Å². The predicted molar refractivity (Wildman–Crippen MR) is 43.9 cm³/mol. The highest BCUT2D eigenvalue weighted by Gasteiger charge is 2.39. The number of aliphatic hydroxyl groups is 1. The fourth-order valence-electron chi connectivity index (χ4n) is 0.910. The van der Waals surface area contributed by atoms with Crippen LogP contribution < -0.4 is 0 Å². The summed E-state index contributed by atoms with van der Waals surface area (Å²) in [6.45, 7) is 1.68. The first-order valence-electron chi connectivity index (χ1n) is 3.11. The molecule has 0 bridgehead atoms. The minimum Gasteiger partial charge on any atom is -0.458 e. The van der Waals surface area contributed by atoms with Gasteiger partial charge in [0.25, 0.3) is 0 Å². The maximum atomic E-state index is 10.8. The molecule has 0 aromatic rings. The molecule has 0 spiro atoms. The molecule has 0 aromatic heterocycles. The van der Waals surface area contributed by atoms with Crippen LogP contribution in [0.1, 0.15) is 6.92 Å². The lowest BCUT2D eigenvalue weighted by Gasteiger charge is -2.09. The van der Waals surface area contributed by atoms with Gasteiger partial charge in [-0.3, -0.25) is 4.79 Å². The molecule has 1 rings (SSSR count). The molecule has 0 radical (unpaired) electrons. The van der Waals surface area contributed by atoms with E-state index in [0.29, 0.717) is 4.43 Å². The highest BCUT2D eigenvalue weighted by Crippen LogP contribution is 2.22. The Balaban J connectivity index is 2.61. The number of rotatable bonds is 1. The van der Waals surface area contributed by atoms with E-state index < -0.39 is 6.10 Å². The van der Waals surface area contributed by atoms with Gasteiger partial charge in [0.05, 0.1) is 5.92 Å². The zero-order valence-electron chi connectivity index (χ0n) is 5.58. The molecule has 0 saturated carbocycles. The first kappa shape index (κ1) is 8.26. The van der Waals surface area contributed by atoms with E-state index in [0.717, 1.165) is 0 Å². The summed E-state index contributed by atoms with van der Waals surface area (Å²) in [6, 6.07) is 0. The lowest BCUT2D eigenvalue weighted by molar-refractivity contribution is -0.143. The molecule has 3 nitrogen and oxygen atoms in total. The summed E-state index contributed by atoms with van der Waals surface area (Å²) in [6.07, 6.45) is -0.896. The Hall–Kier alpha value is 0.160. The van der Waals surface area contributed by atoms with Crippen molar-refractivity contribution in [2.75, 3.05) is 4.43 Å². The summed E-state index contributed by atoms with van der Waals surface area (Å²) < 4.78 is 5.50. The molecular formula is C6H9IO3. The third kappa shape index (κ3) is 1.27. The molecule has 3 atom stereocenters. The zero-order chi connectivity index (χ0) is 7.72. The van der Waals surface area contributed by atoms with E-state index in [9.17, 15) is 9.90 Å². The zero-order valence-corrected chi connectivity index (χ0v) is 7.74. The third-order valence-corrected chi connectivity index (χ3v) is 2.55. The summed E-state index contributed by atoms with van der Waals surface area (Å²) in [7, 11) is 0. The van der Waals surface area contributed by atoms with Crippen LogP contribution in [0.25, 0.3) is 0 Å². The fourth-order valence-corrected chi connectivity index (χ4v) is 1.61. The van der Waals surface area contributed by atoms with Gasteiger partial charge in [-0.15, -0.1) is 0 Å². The number of carbonyl (C=O) groups excluding carboxylic acids is 1.